The van der Waals surface area contributed by atoms with Crippen LogP contribution in [0, 0.1) is 5.92 Å². The first kappa shape index (κ1) is 28.6. The van der Waals surface area contributed by atoms with Crippen molar-refractivity contribution < 1.29 is 27.8 Å². The van der Waals surface area contributed by atoms with Crippen LogP contribution in [-0.4, -0.2) is 102 Å². The number of aromatic carboxylic acids is 1. The van der Waals surface area contributed by atoms with Gasteiger partial charge in [0.2, 0.25) is 0 Å². The molecule has 218 valence electrons. The third-order valence-electron chi connectivity index (χ3n) is 8.18. The first-order valence-electron chi connectivity index (χ1n) is 14.0. The average molecular weight is 563 g/mol. The summed E-state index contributed by atoms with van der Waals surface area (Å²) < 4.78 is 44.7. The zero-order chi connectivity index (χ0) is 28.1. The largest absolute Gasteiger partial charge is 0.478 e. The zero-order valence-electron chi connectivity index (χ0n) is 22.5. The smallest absolute Gasteiger partial charge is 0.434 e. The van der Waals surface area contributed by atoms with Gasteiger partial charge in [-0.1, -0.05) is 0 Å². The minimum atomic E-state index is -4.51. The average Bonchev–Trinajstić information content (AvgIpc) is 2.95. The highest BCUT2D eigenvalue weighted by Gasteiger charge is 2.33. The summed E-state index contributed by atoms with van der Waals surface area (Å²) in [5.74, 6) is -0.0995. The van der Waals surface area contributed by atoms with E-state index >= 15 is 0 Å². The monoisotopic (exact) mass is 562 g/mol. The van der Waals surface area contributed by atoms with Crippen LogP contribution >= 0.6 is 0 Å². The number of nitrogens with zero attached hydrogens (tertiary/aromatic N) is 5. The molecule has 3 saturated heterocycles. The highest BCUT2D eigenvalue weighted by atomic mass is 19.4. The fourth-order valence-electron chi connectivity index (χ4n) is 5.84. The van der Waals surface area contributed by atoms with E-state index in [1.807, 2.05) is 12.1 Å². The molecule has 0 spiro atoms. The van der Waals surface area contributed by atoms with Crippen molar-refractivity contribution in [1.82, 2.24) is 19.8 Å². The minimum absolute atomic E-state index is 0.0820. The molecule has 4 heterocycles. The molecule has 0 saturated carbocycles. The number of anilines is 2. The van der Waals surface area contributed by atoms with E-state index in [2.05, 4.69) is 30.0 Å². The molecule has 0 unspecified atom stereocenters. The van der Waals surface area contributed by atoms with Gasteiger partial charge in [0.1, 0.15) is 5.82 Å². The van der Waals surface area contributed by atoms with Crippen LogP contribution in [0.25, 0.3) is 0 Å². The Bertz CT molecular complexity index is 1110. The molecule has 40 heavy (non-hydrogen) atoms. The molecule has 2 atom stereocenters. The number of ether oxygens (including phenoxy) is 1. The maximum Gasteiger partial charge on any atom is 0.434 e. The van der Waals surface area contributed by atoms with Gasteiger partial charge in [0.05, 0.1) is 36.7 Å². The van der Waals surface area contributed by atoms with E-state index < -0.39 is 17.8 Å². The highest BCUT2D eigenvalue weighted by Crippen LogP contribution is 2.28. The Morgan fingerprint density at radius 3 is 2.23 bits per heavy atom. The van der Waals surface area contributed by atoms with Crippen molar-refractivity contribution in [3.8, 4) is 0 Å². The number of piperazine rings is 1. The Labute approximate surface area is 232 Å². The number of halogens is 3. The summed E-state index contributed by atoms with van der Waals surface area (Å²) in [6, 6.07) is 7.07. The normalized spacial score (nSPS) is 23.7. The van der Waals surface area contributed by atoms with E-state index in [9.17, 15) is 18.0 Å². The molecule has 3 aliphatic heterocycles. The Balaban J connectivity index is 0.974. The van der Waals surface area contributed by atoms with Crippen molar-refractivity contribution in [2.24, 2.45) is 5.92 Å². The van der Waals surface area contributed by atoms with Gasteiger partial charge in [-0.05, 0) is 55.9 Å². The van der Waals surface area contributed by atoms with Crippen LogP contribution in [0.2, 0.25) is 0 Å². The van der Waals surface area contributed by atoms with Gasteiger partial charge in [0.25, 0.3) is 0 Å². The number of hydrogen-bond donors (Lipinski definition) is 2. The third kappa shape index (κ3) is 7.61. The summed E-state index contributed by atoms with van der Waals surface area (Å²) in [5.41, 5.74) is 0.410. The van der Waals surface area contributed by atoms with Crippen molar-refractivity contribution in [3.05, 3.63) is 47.9 Å². The van der Waals surface area contributed by atoms with Crippen molar-refractivity contribution in [2.45, 2.75) is 44.0 Å². The van der Waals surface area contributed by atoms with Crippen molar-refractivity contribution in [1.29, 1.82) is 0 Å². The summed E-state index contributed by atoms with van der Waals surface area (Å²) in [6.45, 7) is 8.52. The molecular formula is C28H37F3N6O3. The number of alkyl halides is 3. The fraction of sp³-hybridized carbons (Fsp3) is 0.607. The number of aromatic nitrogens is 2. The van der Waals surface area contributed by atoms with Gasteiger partial charge < -0.3 is 25.0 Å². The number of hydrogen-bond acceptors (Lipinski definition) is 8. The predicted molar refractivity (Wildman–Crippen MR) is 145 cm³/mol. The van der Waals surface area contributed by atoms with Gasteiger partial charge in [-0.2, -0.15) is 13.2 Å². The maximum atomic E-state index is 12.9. The van der Waals surface area contributed by atoms with Crippen molar-refractivity contribution in [3.63, 3.8) is 0 Å². The second kappa shape index (κ2) is 12.7. The molecule has 5 rings (SSSR count). The predicted octanol–water partition coefficient (Wildman–Crippen LogP) is 3.69. The topological polar surface area (TPSA) is 94.1 Å². The summed E-state index contributed by atoms with van der Waals surface area (Å²) in [6.07, 6.45) is 1.59. The molecule has 1 aromatic heterocycles. The molecule has 0 amide bonds. The second-order valence-corrected chi connectivity index (χ2v) is 11.0. The number of rotatable bonds is 8. The van der Waals surface area contributed by atoms with E-state index in [0.29, 0.717) is 18.1 Å². The molecule has 3 fully saturated rings. The molecule has 0 bridgehead atoms. The lowest BCUT2D eigenvalue weighted by molar-refractivity contribution is -0.141. The van der Waals surface area contributed by atoms with Gasteiger partial charge in [-0.15, -0.1) is 0 Å². The van der Waals surface area contributed by atoms with Gasteiger partial charge in [0.15, 0.2) is 5.69 Å². The zero-order valence-corrected chi connectivity index (χ0v) is 22.5. The van der Waals surface area contributed by atoms with E-state index in [1.54, 1.807) is 12.1 Å². The summed E-state index contributed by atoms with van der Waals surface area (Å²) in [4.78, 5) is 25.7. The molecule has 2 N–H and O–H groups in total. The standard InChI is InChI=1S/C28H37F3N6O3/c29-28(30,31)25-15-32-16-26(34-25)33-22-3-6-24(40-19-22)18-36-13-11-35(12-14-36)17-20-7-9-37(10-8-20)23-4-1-21(2-5-23)27(38)39/h1-2,4-5,15-16,20,22,24H,3,6-14,17-19H2,(H,33,34)(H,38,39)/t22-,24+/m1/s1. The number of benzene rings is 1. The molecule has 1 aromatic carbocycles. The number of piperidine rings is 1. The first-order chi connectivity index (χ1) is 19.2. The van der Waals surface area contributed by atoms with E-state index in [4.69, 9.17) is 9.84 Å². The van der Waals surface area contributed by atoms with Crippen molar-refractivity contribution >= 4 is 17.5 Å². The molecular weight excluding hydrogens is 525 g/mol. The number of carbonyl (C=O) groups is 1. The molecule has 0 aliphatic carbocycles. The summed E-state index contributed by atoms with van der Waals surface area (Å²) >= 11 is 0. The van der Waals surface area contributed by atoms with Gasteiger partial charge >= 0.3 is 12.1 Å². The molecule has 9 nitrogen and oxygen atoms in total. The minimum Gasteiger partial charge on any atom is -0.478 e. The van der Waals surface area contributed by atoms with Crippen LogP contribution in [0.4, 0.5) is 24.7 Å². The van der Waals surface area contributed by atoms with Gasteiger partial charge in [-0.25, -0.2) is 9.78 Å². The first-order valence-corrected chi connectivity index (χ1v) is 14.0. The van der Waals surface area contributed by atoms with Crippen LogP contribution in [0.3, 0.4) is 0 Å². The Morgan fingerprint density at radius 1 is 0.950 bits per heavy atom. The van der Waals surface area contributed by atoms with E-state index in [1.165, 1.54) is 6.20 Å². The number of nitrogens with one attached hydrogen (secondary N) is 1. The Morgan fingerprint density at radius 2 is 1.62 bits per heavy atom. The van der Waals surface area contributed by atoms with Crippen LogP contribution in [-0.2, 0) is 10.9 Å². The molecule has 3 aliphatic rings. The lowest BCUT2D eigenvalue weighted by Crippen LogP contribution is -2.51. The van der Waals surface area contributed by atoms with Crippen molar-refractivity contribution in [2.75, 3.05) is 69.2 Å². The Kier molecular flexibility index (Phi) is 9.07. The number of carboxylic acid groups (broad SMARTS) is 1. The highest BCUT2D eigenvalue weighted by molar-refractivity contribution is 5.88. The van der Waals surface area contributed by atoms with Gasteiger partial charge in [0, 0.05) is 58.0 Å². The van der Waals surface area contributed by atoms with Crippen LogP contribution in [0.1, 0.15) is 41.7 Å². The Hall–Kier alpha value is -2.96. The maximum absolute atomic E-state index is 12.9. The summed E-state index contributed by atoms with van der Waals surface area (Å²) in [5, 5.41) is 12.1. The molecule has 2 aromatic rings. The van der Waals surface area contributed by atoms with E-state index in [-0.39, 0.29) is 18.0 Å². The van der Waals surface area contributed by atoms with Crippen LogP contribution < -0.4 is 10.2 Å². The van der Waals surface area contributed by atoms with Gasteiger partial charge in [-0.3, -0.25) is 9.88 Å². The van der Waals surface area contributed by atoms with Crippen LogP contribution in [0.5, 0.6) is 0 Å². The number of carboxylic acids is 1. The summed E-state index contributed by atoms with van der Waals surface area (Å²) in [7, 11) is 0. The lowest BCUT2D eigenvalue weighted by Gasteiger charge is -2.40. The molecule has 12 heteroatoms. The SMILES string of the molecule is O=C(O)c1ccc(N2CCC(CN3CCN(C[C@@H]4CC[C@@H](Nc5cncc(C(F)(F)F)n5)CO4)CC3)CC2)cc1. The lowest BCUT2D eigenvalue weighted by atomic mass is 9.95. The molecule has 0 radical (unpaired) electrons. The van der Waals surface area contributed by atoms with E-state index in [0.717, 1.165) is 89.9 Å². The van der Waals surface area contributed by atoms with Crippen LogP contribution in [0.15, 0.2) is 36.7 Å². The fourth-order valence-corrected chi connectivity index (χ4v) is 5.84. The second-order valence-electron chi connectivity index (χ2n) is 11.0. The third-order valence-corrected chi connectivity index (χ3v) is 8.18. The quantitative estimate of drug-likeness (QED) is 0.500.